The molecule has 1 aromatic rings. The average Bonchev–Trinajstić information content (AvgIpc) is 2.61. The Morgan fingerprint density at radius 3 is 2.46 bits per heavy atom. The molecule has 2 nitrogen and oxygen atoms in total. The van der Waals surface area contributed by atoms with Gasteiger partial charge in [0.05, 0.1) is 0 Å². The van der Waals surface area contributed by atoms with Crippen molar-refractivity contribution in [2.45, 2.75) is 57.8 Å². The van der Waals surface area contributed by atoms with E-state index >= 15 is 0 Å². The number of Topliss-reactive ketones (excluding diaryl/α,β-unsaturated/α-hetero) is 1. The second-order valence-corrected chi connectivity index (χ2v) is 8.07. The minimum absolute atomic E-state index is 0. The third kappa shape index (κ3) is 3.41. The summed E-state index contributed by atoms with van der Waals surface area (Å²) in [4.78, 5) is 15.7. The second-order valence-electron chi connectivity index (χ2n) is 8.07. The normalized spacial score (nSPS) is 24.4. The zero-order valence-corrected chi connectivity index (χ0v) is 15.5. The molecule has 1 aromatic carbocycles. The van der Waals surface area contributed by atoms with E-state index in [1.807, 2.05) is 12.1 Å². The maximum atomic E-state index is 13.1. The highest BCUT2D eigenvalue weighted by Gasteiger charge is 2.44. The number of piperidine rings is 1. The first kappa shape index (κ1) is 17.9. The first-order chi connectivity index (χ1) is 11.3. The predicted octanol–water partition coefficient (Wildman–Crippen LogP) is 4.90. The van der Waals surface area contributed by atoms with E-state index in [0.29, 0.717) is 5.78 Å². The van der Waals surface area contributed by atoms with Gasteiger partial charge in [0.2, 0.25) is 0 Å². The molecule has 0 bridgehead atoms. The molecule has 1 heterocycles. The Kier molecular flexibility index (Phi) is 5.66. The van der Waals surface area contributed by atoms with Crippen LogP contribution in [0.15, 0.2) is 24.3 Å². The summed E-state index contributed by atoms with van der Waals surface area (Å²) in [7, 11) is 0. The number of ketones is 1. The van der Waals surface area contributed by atoms with Gasteiger partial charge in [-0.1, -0.05) is 43.5 Å². The molecule has 2 aliphatic carbocycles. The lowest BCUT2D eigenvalue weighted by Crippen LogP contribution is -2.47. The zero-order valence-electron chi connectivity index (χ0n) is 14.6. The van der Waals surface area contributed by atoms with Crippen molar-refractivity contribution in [2.24, 2.45) is 11.3 Å². The molecule has 0 amide bonds. The van der Waals surface area contributed by atoms with Gasteiger partial charge in [-0.2, -0.15) is 0 Å². The number of rotatable bonds is 2. The number of hydrogen-bond donors (Lipinski definition) is 0. The summed E-state index contributed by atoms with van der Waals surface area (Å²) in [6, 6.07) is 8.27. The first-order valence-electron chi connectivity index (χ1n) is 9.62. The van der Waals surface area contributed by atoms with Crippen molar-refractivity contribution in [3.05, 3.63) is 35.4 Å². The Bertz CT molecular complexity index is 571. The smallest absolute Gasteiger partial charge is 0.169 e. The lowest BCUT2D eigenvalue weighted by Gasteiger charge is -2.44. The Morgan fingerprint density at radius 1 is 1.00 bits per heavy atom. The maximum absolute atomic E-state index is 13.1. The van der Waals surface area contributed by atoms with Crippen molar-refractivity contribution in [1.82, 2.24) is 4.90 Å². The highest BCUT2D eigenvalue weighted by molar-refractivity contribution is 6.02. The fraction of sp³-hybridized carbons (Fsp3) is 0.667. The number of aryl methyl sites for hydroxylation is 1. The molecule has 0 N–H and O–H groups in total. The average molecular weight is 348 g/mol. The van der Waals surface area contributed by atoms with E-state index in [1.54, 1.807) is 0 Å². The van der Waals surface area contributed by atoms with Gasteiger partial charge in [0.1, 0.15) is 0 Å². The third-order valence-corrected chi connectivity index (χ3v) is 6.67. The van der Waals surface area contributed by atoms with Gasteiger partial charge in [-0.25, -0.2) is 0 Å². The topological polar surface area (TPSA) is 20.3 Å². The van der Waals surface area contributed by atoms with Gasteiger partial charge < -0.3 is 4.90 Å². The number of carbonyl (C=O) groups is 1. The molecule has 0 aromatic heterocycles. The Hall–Kier alpha value is -0.860. The number of fused-ring (bicyclic) bond motifs is 1. The maximum Gasteiger partial charge on any atom is 0.169 e. The Balaban J connectivity index is 0.00000169. The molecule has 3 heteroatoms. The van der Waals surface area contributed by atoms with Crippen LogP contribution in [0.2, 0.25) is 0 Å². The Morgan fingerprint density at radius 2 is 1.71 bits per heavy atom. The van der Waals surface area contributed by atoms with E-state index in [9.17, 15) is 4.79 Å². The van der Waals surface area contributed by atoms with Crippen LogP contribution in [-0.2, 0) is 6.42 Å². The summed E-state index contributed by atoms with van der Waals surface area (Å²) in [5.74, 6) is 1.36. The number of benzene rings is 1. The molecule has 1 saturated carbocycles. The predicted molar refractivity (Wildman–Crippen MR) is 101 cm³/mol. The molecule has 4 rings (SSSR count). The second kappa shape index (κ2) is 7.58. The molecule has 3 aliphatic rings. The van der Waals surface area contributed by atoms with Gasteiger partial charge in [-0.3, -0.25) is 4.79 Å². The van der Waals surface area contributed by atoms with E-state index in [0.717, 1.165) is 50.3 Å². The molecule has 0 unspecified atom stereocenters. The van der Waals surface area contributed by atoms with Crippen molar-refractivity contribution in [2.75, 3.05) is 19.6 Å². The summed E-state index contributed by atoms with van der Waals surface area (Å²) in [5.41, 5.74) is 2.24. The number of nitrogens with zero attached hydrogens (tertiary/aromatic N) is 1. The lowest BCUT2D eigenvalue weighted by molar-refractivity contribution is 0.0500. The highest BCUT2D eigenvalue weighted by atomic mass is 35.5. The van der Waals surface area contributed by atoms with Gasteiger partial charge in [0, 0.05) is 17.5 Å². The van der Waals surface area contributed by atoms with E-state index in [4.69, 9.17) is 0 Å². The van der Waals surface area contributed by atoms with Crippen molar-refractivity contribution in [1.29, 1.82) is 0 Å². The van der Waals surface area contributed by atoms with Crippen molar-refractivity contribution >= 4 is 18.2 Å². The number of halogens is 1. The largest absolute Gasteiger partial charge is 0.303 e. The number of carbonyl (C=O) groups excluding carboxylic acids is 1. The first-order valence-corrected chi connectivity index (χ1v) is 9.62. The minimum Gasteiger partial charge on any atom is -0.303 e. The summed E-state index contributed by atoms with van der Waals surface area (Å²) in [6.07, 6.45) is 11.5. The van der Waals surface area contributed by atoms with Crippen LogP contribution in [0, 0.1) is 11.3 Å². The van der Waals surface area contributed by atoms with Gasteiger partial charge in [-0.15, -0.1) is 12.4 Å². The van der Waals surface area contributed by atoms with Crippen molar-refractivity contribution in [3.63, 3.8) is 0 Å². The molecule has 2 fully saturated rings. The van der Waals surface area contributed by atoms with Crippen LogP contribution in [0.3, 0.4) is 0 Å². The Labute approximate surface area is 152 Å². The van der Waals surface area contributed by atoms with E-state index < -0.39 is 0 Å². The van der Waals surface area contributed by atoms with E-state index in [1.165, 1.54) is 44.2 Å². The molecule has 1 aliphatic heterocycles. The van der Waals surface area contributed by atoms with Gasteiger partial charge in [-0.05, 0) is 63.1 Å². The summed E-state index contributed by atoms with van der Waals surface area (Å²) >= 11 is 0. The summed E-state index contributed by atoms with van der Waals surface area (Å²) < 4.78 is 0. The zero-order chi connectivity index (χ0) is 15.7. The van der Waals surface area contributed by atoms with Crippen LogP contribution in [0.1, 0.15) is 67.3 Å². The molecule has 24 heavy (non-hydrogen) atoms. The molecule has 1 saturated heterocycles. The fourth-order valence-electron chi connectivity index (χ4n) is 5.11. The molecular formula is C21H30ClNO. The van der Waals surface area contributed by atoms with Crippen LogP contribution in [-0.4, -0.2) is 30.3 Å². The summed E-state index contributed by atoms with van der Waals surface area (Å²) in [5, 5.41) is 0. The molecule has 1 spiro atoms. The summed E-state index contributed by atoms with van der Waals surface area (Å²) in [6.45, 7) is 3.54. The van der Waals surface area contributed by atoms with Crippen molar-refractivity contribution in [3.8, 4) is 0 Å². The minimum atomic E-state index is -0.0442. The van der Waals surface area contributed by atoms with Crippen LogP contribution < -0.4 is 0 Å². The quantitative estimate of drug-likeness (QED) is 0.758. The van der Waals surface area contributed by atoms with Crippen LogP contribution in [0.5, 0.6) is 0 Å². The molecule has 0 atom stereocenters. The van der Waals surface area contributed by atoms with E-state index in [2.05, 4.69) is 17.0 Å². The van der Waals surface area contributed by atoms with Crippen LogP contribution in [0.4, 0.5) is 0 Å². The number of hydrogen-bond acceptors (Lipinski definition) is 2. The van der Waals surface area contributed by atoms with Crippen molar-refractivity contribution < 1.29 is 4.79 Å². The highest BCUT2D eigenvalue weighted by Crippen LogP contribution is 2.43. The van der Waals surface area contributed by atoms with Gasteiger partial charge in [0.15, 0.2) is 5.78 Å². The number of likely N-dealkylation sites (tertiary alicyclic amines) is 1. The van der Waals surface area contributed by atoms with Crippen LogP contribution >= 0.6 is 12.4 Å². The molecule has 132 valence electrons. The third-order valence-electron chi connectivity index (χ3n) is 6.67. The lowest BCUT2D eigenvalue weighted by atomic mass is 9.65. The van der Waals surface area contributed by atoms with E-state index in [-0.39, 0.29) is 17.8 Å². The fourth-order valence-corrected chi connectivity index (χ4v) is 5.11. The monoisotopic (exact) mass is 347 g/mol. The van der Waals surface area contributed by atoms with Gasteiger partial charge >= 0.3 is 0 Å². The molecular weight excluding hydrogens is 318 g/mol. The van der Waals surface area contributed by atoms with Gasteiger partial charge in [0.25, 0.3) is 0 Å². The van der Waals surface area contributed by atoms with Crippen LogP contribution in [0.25, 0.3) is 0 Å². The standard InChI is InChI=1S/C21H29NO.ClH/c23-20-19-9-5-4-8-18(19)10-11-21(20)12-14-22(15-13-21)16-17-6-2-1-3-7-17;/h4-5,8-9,17H,1-3,6-7,10-16H2;1H. The molecule has 0 radical (unpaired) electrons. The SMILES string of the molecule is Cl.O=C1c2ccccc2CCC12CCN(CC1CCCCC1)CC2.